The van der Waals surface area contributed by atoms with Crippen LogP contribution in [0.3, 0.4) is 0 Å². The number of rotatable bonds is 6. The van der Waals surface area contributed by atoms with Gasteiger partial charge in [-0.3, -0.25) is 9.69 Å². The maximum atomic E-state index is 12.9. The second-order valence-corrected chi connectivity index (χ2v) is 6.87. The van der Waals surface area contributed by atoms with Crippen molar-refractivity contribution < 1.29 is 19.1 Å². The number of carbonyl (C=O) groups is 2. The van der Waals surface area contributed by atoms with E-state index in [0.29, 0.717) is 6.42 Å². The highest BCUT2D eigenvalue weighted by Gasteiger charge is 2.39. The Hall–Kier alpha value is -2.82. The highest BCUT2D eigenvalue weighted by atomic mass is 16.6. The summed E-state index contributed by atoms with van der Waals surface area (Å²) in [7, 11) is 1.63. The zero-order chi connectivity index (χ0) is 19.2. The summed E-state index contributed by atoms with van der Waals surface area (Å²) in [6, 6.07) is 17.1. The molecule has 142 valence electrons. The number of likely N-dealkylation sites (tertiary alicyclic amines) is 1. The van der Waals surface area contributed by atoms with Crippen LogP contribution in [0.15, 0.2) is 54.6 Å². The predicted octanol–water partition coefficient (Wildman–Crippen LogP) is 4.52. The molecule has 0 aromatic heterocycles. The second-order valence-electron chi connectivity index (χ2n) is 6.87. The van der Waals surface area contributed by atoms with Crippen LogP contribution >= 0.6 is 0 Å². The van der Waals surface area contributed by atoms with E-state index >= 15 is 0 Å². The summed E-state index contributed by atoms with van der Waals surface area (Å²) in [6.07, 6.45) is 1.58. The minimum atomic E-state index is -0.372. The van der Waals surface area contributed by atoms with Crippen molar-refractivity contribution in [1.82, 2.24) is 4.90 Å². The van der Waals surface area contributed by atoms with Gasteiger partial charge in [0, 0.05) is 12.5 Å². The van der Waals surface area contributed by atoms with Crippen molar-refractivity contribution in [1.29, 1.82) is 0 Å². The zero-order valence-electron chi connectivity index (χ0n) is 15.8. The molecule has 1 aliphatic heterocycles. The monoisotopic (exact) mass is 367 g/mol. The van der Waals surface area contributed by atoms with Gasteiger partial charge in [0.1, 0.15) is 18.1 Å². The van der Waals surface area contributed by atoms with Gasteiger partial charge in [-0.2, -0.15) is 0 Å². The van der Waals surface area contributed by atoms with Crippen molar-refractivity contribution in [2.45, 2.75) is 44.9 Å². The summed E-state index contributed by atoms with van der Waals surface area (Å²) >= 11 is 0. The van der Waals surface area contributed by atoms with Crippen molar-refractivity contribution in [2.75, 3.05) is 7.11 Å². The van der Waals surface area contributed by atoms with E-state index in [1.165, 1.54) is 0 Å². The van der Waals surface area contributed by atoms with Gasteiger partial charge in [0.2, 0.25) is 0 Å². The van der Waals surface area contributed by atoms with E-state index in [-0.39, 0.29) is 30.6 Å². The molecule has 0 unspecified atom stereocenters. The third-order valence-electron chi connectivity index (χ3n) is 4.94. The van der Waals surface area contributed by atoms with Crippen molar-refractivity contribution in [3.05, 3.63) is 65.7 Å². The van der Waals surface area contributed by atoms with E-state index in [2.05, 4.69) is 0 Å². The molecule has 1 fully saturated rings. The van der Waals surface area contributed by atoms with Crippen LogP contribution in [0.4, 0.5) is 4.79 Å². The Kier molecular flexibility index (Phi) is 6.12. The highest BCUT2D eigenvalue weighted by molar-refractivity contribution is 5.77. The number of methoxy groups -OCH3 is 1. The van der Waals surface area contributed by atoms with Crippen molar-refractivity contribution >= 4 is 11.9 Å². The Bertz CT molecular complexity index is 773. The molecular formula is C22H25NO4. The Balaban J connectivity index is 1.77. The second kappa shape index (κ2) is 8.71. The first-order chi connectivity index (χ1) is 13.1. The van der Waals surface area contributed by atoms with Gasteiger partial charge < -0.3 is 9.47 Å². The highest BCUT2D eigenvalue weighted by Crippen LogP contribution is 2.38. The first-order valence-corrected chi connectivity index (χ1v) is 9.21. The zero-order valence-corrected chi connectivity index (χ0v) is 15.8. The summed E-state index contributed by atoms with van der Waals surface area (Å²) in [5.74, 6) is 0.853. The topological polar surface area (TPSA) is 55.8 Å². The molecule has 1 saturated heterocycles. The van der Waals surface area contributed by atoms with Crippen LogP contribution in [-0.4, -0.2) is 29.9 Å². The molecule has 2 aromatic carbocycles. The Morgan fingerprint density at radius 1 is 1.04 bits per heavy atom. The average molecular weight is 367 g/mol. The molecule has 0 radical (unpaired) electrons. The fourth-order valence-corrected chi connectivity index (χ4v) is 3.64. The quantitative estimate of drug-likeness (QED) is 0.753. The van der Waals surface area contributed by atoms with E-state index in [0.717, 1.165) is 29.7 Å². The minimum Gasteiger partial charge on any atom is -0.497 e. The summed E-state index contributed by atoms with van der Waals surface area (Å²) in [6.45, 7) is 1.78. The first kappa shape index (κ1) is 19.0. The van der Waals surface area contributed by atoms with E-state index in [9.17, 15) is 9.59 Å². The third-order valence-corrected chi connectivity index (χ3v) is 4.94. The Morgan fingerprint density at radius 2 is 1.74 bits per heavy atom. The molecule has 1 amide bonds. The lowest BCUT2D eigenvalue weighted by Gasteiger charge is -2.29. The lowest BCUT2D eigenvalue weighted by atomic mass is 10.0. The number of benzene rings is 2. The van der Waals surface area contributed by atoms with Crippen LogP contribution in [0.1, 0.15) is 43.4 Å². The summed E-state index contributed by atoms with van der Waals surface area (Å²) in [4.78, 5) is 26.3. The Labute approximate surface area is 159 Å². The van der Waals surface area contributed by atoms with Crippen LogP contribution in [0.2, 0.25) is 0 Å². The van der Waals surface area contributed by atoms with Crippen LogP contribution in [0.5, 0.6) is 5.75 Å². The molecular weight excluding hydrogens is 342 g/mol. The molecule has 1 heterocycles. The molecule has 3 rings (SSSR count). The molecule has 0 bridgehead atoms. The molecule has 1 aliphatic rings. The van der Waals surface area contributed by atoms with Gasteiger partial charge in [-0.25, -0.2) is 4.79 Å². The van der Waals surface area contributed by atoms with Gasteiger partial charge in [0.15, 0.2) is 0 Å². The minimum absolute atomic E-state index is 0.0799. The normalized spacial score (nSPS) is 19.0. The number of nitrogens with zero attached hydrogens (tertiary/aromatic N) is 1. The molecule has 2 aromatic rings. The van der Waals surface area contributed by atoms with Gasteiger partial charge in [-0.05, 0) is 43.0 Å². The van der Waals surface area contributed by atoms with Crippen LogP contribution in [-0.2, 0) is 16.1 Å². The summed E-state index contributed by atoms with van der Waals surface area (Å²) < 4.78 is 10.8. The number of hydrogen-bond donors (Lipinski definition) is 0. The number of ether oxygens (including phenoxy) is 2. The smallest absolute Gasteiger partial charge is 0.410 e. The first-order valence-electron chi connectivity index (χ1n) is 9.21. The SMILES string of the molecule is COc1ccc([C@H]2CC[C@@H](CC(C)=O)N2C(=O)OCc2ccccc2)cc1. The van der Waals surface area contributed by atoms with Crippen LogP contribution < -0.4 is 4.74 Å². The van der Waals surface area contributed by atoms with E-state index in [1.807, 2.05) is 54.6 Å². The summed E-state index contributed by atoms with van der Waals surface area (Å²) in [5.41, 5.74) is 1.97. The number of ketones is 1. The average Bonchev–Trinajstić information content (AvgIpc) is 3.10. The van der Waals surface area contributed by atoms with Crippen LogP contribution in [0, 0.1) is 0 Å². The van der Waals surface area contributed by atoms with Gasteiger partial charge in [0.05, 0.1) is 13.2 Å². The van der Waals surface area contributed by atoms with Gasteiger partial charge in [0.25, 0.3) is 0 Å². The van der Waals surface area contributed by atoms with E-state index in [4.69, 9.17) is 9.47 Å². The van der Waals surface area contributed by atoms with Gasteiger partial charge in [-0.1, -0.05) is 42.5 Å². The van der Waals surface area contributed by atoms with Crippen molar-refractivity contribution in [2.24, 2.45) is 0 Å². The number of amides is 1. The number of Topliss-reactive ketones (excluding diaryl/α,β-unsaturated/α-hetero) is 1. The lowest BCUT2D eigenvalue weighted by Crippen LogP contribution is -2.38. The molecule has 5 heteroatoms. The summed E-state index contributed by atoms with van der Waals surface area (Å²) in [5, 5.41) is 0. The molecule has 0 spiro atoms. The fraction of sp³-hybridized carbons (Fsp3) is 0.364. The van der Waals surface area contributed by atoms with E-state index < -0.39 is 0 Å². The van der Waals surface area contributed by atoms with Gasteiger partial charge in [-0.15, -0.1) is 0 Å². The van der Waals surface area contributed by atoms with Gasteiger partial charge >= 0.3 is 6.09 Å². The molecule has 0 N–H and O–H groups in total. The number of hydrogen-bond acceptors (Lipinski definition) is 4. The standard InChI is InChI=1S/C22H25NO4/c1-16(24)14-19-10-13-21(18-8-11-20(26-2)12-9-18)23(19)22(25)27-15-17-6-4-3-5-7-17/h3-9,11-12,19,21H,10,13-15H2,1-2H3/t19-,21+/m0/s1. The Morgan fingerprint density at radius 3 is 2.37 bits per heavy atom. The van der Waals surface area contributed by atoms with Crippen LogP contribution in [0.25, 0.3) is 0 Å². The van der Waals surface area contributed by atoms with E-state index in [1.54, 1.807) is 18.9 Å². The molecule has 0 aliphatic carbocycles. The maximum absolute atomic E-state index is 12.9. The molecule has 0 saturated carbocycles. The maximum Gasteiger partial charge on any atom is 0.410 e. The molecule has 2 atom stereocenters. The van der Waals surface area contributed by atoms with Crippen molar-refractivity contribution in [3.8, 4) is 5.75 Å². The lowest BCUT2D eigenvalue weighted by molar-refractivity contribution is -0.117. The molecule has 5 nitrogen and oxygen atoms in total. The predicted molar refractivity (Wildman–Crippen MR) is 103 cm³/mol. The fourth-order valence-electron chi connectivity index (χ4n) is 3.64. The molecule has 27 heavy (non-hydrogen) atoms. The van der Waals surface area contributed by atoms with Crippen molar-refractivity contribution in [3.63, 3.8) is 0 Å². The largest absolute Gasteiger partial charge is 0.497 e. The number of carbonyl (C=O) groups excluding carboxylic acids is 2. The third kappa shape index (κ3) is 4.67.